The number of aryl methyl sites for hydroxylation is 1. The van der Waals surface area contributed by atoms with Gasteiger partial charge in [-0.15, -0.1) is 0 Å². The Balaban J connectivity index is 1.63. The fraction of sp³-hybridized carbons (Fsp3) is 0.348. The minimum absolute atomic E-state index is 0.118. The second-order valence-corrected chi connectivity index (χ2v) is 7.49. The second kappa shape index (κ2) is 8.18. The van der Waals surface area contributed by atoms with E-state index in [9.17, 15) is 4.79 Å². The number of nitrogens with one attached hydrogen (secondary N) is 1. The maximum absolute atomic E-state index is 12.1. The Bertz CT molecular complexity index is 1110. The second-order valence-electron chi connectivity index (χ2n) is 7.49. The van der Waals surface area contributed by atoms with Crippen molar-refractivity contribution in [2.45, 2.75) is 32.7 Å². The van der Waals surface area contributed by atoms with Crippen LogP contribution in [-0.4, -0.2) is 35.7 Å². The predicted molar refractivity (Wildman–Crippen MR) is 116 cm³/mol. The minimum atomic E-state index is -0.118. The first-order valence-electron chi connectivity index (χ1n) is 10.0. The maximum Gasteiger partial charge on any atom is 0.254 e. The highest BCUT2D eigenvalue weighted by Crippen LogP contribution is 2.40. The first kappa shape index (κ1) is 19.9. The monoisotopic (exact) mass is 406 g/mol. The zero-order chi connectivity index (χ0) is 21.3. The number of aromatic amines is 1. The van der Waals surface area contributed by atoms with Crippen LogP contribution in [0.15, 0.2) is 41.3 Å². The number of H-pyrrole nitrogens is 1. The van der Waals surface area contributed by atoms with Crippen LogP contribution in [0.3, 0.4) is 0 Å². The number of methoxy groups -OCH3 is 2. The van der Waals surface area contributed by atoms with E-state index in [1.54, 1.807) is 27.3 Å². The van der Waals surface area contributed by atoms with E-state index in [0.29, 0.717) is 11.4 Å². The van der Waals surface area contributed by atoms with Gasteiger partial charge in [-0.3, -0.25) is 4.79 Å². The average Bonchev–Trinajstić information content (AvgIpc) is 3.26. The standard InChI is InChI=1S/C23H26N4O3/c1-14-15(2)25-22(26-23(14)28)16-7-10-21(24-13-16)27-11-5-6-19(27)18-9-8-17(29-3)12-20(18)30-4/h7-10,12-13,19H,5-6,11H2,1-4H3,(H,25,26,28). The average molecular weight is 406 g/mol. The van der Waals surface area contributed by atoms with E-state index in [0.717, 1.165) is 53.5 Å². The van der Waals surface area contributed by atoms with Crippen LogP contribution >= 0.6 is 0 Å². The van der Waals surface area contributed by atoms with Gasteiger partial charge in [0.05, 0.1) is 20.3 Å². The third-order valence-corrected chi connectivity index (χ3v) is 5.76. The molecule has 0 bridgehead atoms. The van der Waals surface area contributed by atoms with E-state index in [1.807, 2.05) is 31.2 Å². The molecule has 2 aromatic heterocycles. The van der Waals surface area contributed by atoms with Gasteiger partial charge in [0, 0.05) is 41.2 Å². The molecule has 3 heterocycles. The number of pyridine rings is 1. The molecule has 0 aliphatic carbocycles. The van der Waals surface area contributed by atoms with Crippen molar-refractivity contribution < 1.29 is 9.47 Å². The van der Waals surface area contributed by atoms with Gasteiger partial charge in [-0.1, -0.05) is 0 Å². The van der Waals surface area contributed by atoms with Crippen molar-refractivity contribution in [2.24, 2.45) is 0 Å². The molecular formula is C23H26N4O3. The molecule has 4 rings (SSSR count). The van der Waals surface area contributed by atoms with Crippen molar-refractivity contribution in [1.29, 1.82) is 0 Å². The zero-order valence-electron chi connectivity index (χ0n) is 17.7. The van der Waals surface area contributed by atoms with Gasteiger partial charge in [0.1, 0.15) is 23.1 Å². The quantitative estimate of drug-likeness (QED) is 0.694. The van der Waals surface area contributed by atoms with E-state index < -0.39 is 0 Å². The number of hydrogen-bond acceptors (Lipinski definition) is 6. The lowest BCUT2D eigenvalue weighted by Gasteiger charge is -2.27. The zero-order valence-corrected chi connectivity index (χ0v) is 17.7. The number of ether oxygens (including phenoxy) is 2. The molecule has 1 N–H and O–H groups in total. The van der Waals surface area contributed by atoms with Gasteiger partial charge in [-0.25, -0.2) is 9.97 Å². The molecule has 0 amide bonds. The van der Waals surface area contributed by atoms with Gasteiger partial charge in [0.2, 0.25) is 0 Å². The van der Waals surface area contributed by atoms with Crippen molar-refractivity contribution >= 4 is 5.82 Å². The molecule has 1 unspecified atom stereocenters. The first-order valence-corrected chi connectivity index (χ1v) is 10.0. The molecule has 1 saturated heterocycles. The number of anilines is 1. The first-order chi connectivity index (χ1) is 14.5. The third-order valence-electron chi connectivity index (χ3n) is 5.76. The van der Waals surface area contributed by atoms with E-state index in [-0.39, 0.29) is 11.6 Å². The van der Waals surface area contributed by atoms with E-state index in [2.05, 4.69) is 25.9 Å². The SMILES string of the molecule is COc1ccc(C2CCCN2c2ccc(-c3nc(C)c(C)c(=O)[nH]3)cn2)c(OC)c1. The Morgan fingerprint density at radius 1 is 1.13 bits per heavy atom. The fourth-order valence-electron chi connectivity index (χ4n) is 3.94. The summed E-state index contributed by atoms with van der Waals surface area (Å²) < 4.78 is 11.0. The van der Waals surface area contributed by atoms with Crippen molar-refractivity contribution in [3.63, 3.8) is 0 Å². The molecule has 1 atom stereocenters. The highest BCUT2D eigenvalue weighted by Gasteiger charge is 2.29. The Hall–Kier alpha value is -3.35. The molecule has 1 aliphatic heterocycles. The van der Waals surface area contributed by atoms with Gasteiger partial charge < -0.3 is 19.4 Å². The molecule has 1 fully saturated rings. The Morgan fingerprint density at radius 3 is 2.63 bits per heavy atom. The summed E-state index contributed by atoms with van der Waals surface area (Å²) in [7, 11) is 3.33. The van der Waals surface area contributed by atoms with E-state index in [4.69, 9.17) is 9.47 Å². The number of nitrogens with zero attached hydrogens (tertiary/aromatic N) is 3. The van der Waals surface area contributed by atoms with Gasteiger partial charge in [0.15, 0.2) is 0 Å². The summed E-state index contributed by atoms with van der Waals surface area (Å²) in [5.41, 5.74) is 3.16. The summed E-state index contributed by atoms with van der Waals surface area (Å²) in [5, 5.41) is 0. The Morgan fingerprint density at radius 2 is 1.97 bits per heavy atom. The molecule has 156 valence electrons. The lowest BCUT2D eigenvalue weighted by atomic mass is 10.0. The minimum Gasteiger partial charge on any atom is -0.497 e. The van der Waals surface area contributed by atoms with Crippen molar-refractivity contribution in [3.8, 4) is 22.9 Å². The number of rotatable bonds is 5. The number of hydrogen-bond donors (Lipinski definition) is 1. The van der Waals surface area contributed by atoms with Gasteiger partial charge in [-0.2, -0.15) is 0 Å². The molecular weight excluding hydrogens is 380 g/mol. The Kier molecular flexibility index (Phi) is 5.44. The van der Waals surface area contributed by atoms with Crippen LogP contribution in [0, 0.1) is 13.8 Å². The van der Waals surface area contributed by atoms with Crippen LogP contribution < -0.4 is 19.9 Å². The predicted octanol–water partition coefficient (Wildman–Crippen LogP) is 3.81. The van der Waals surface area contributed by atoms with Crippen LogP contribution in [-0.2, 0) is 0 Å². The van der Waals surface area contributed by atoms with Gasteiger partial charge in [0.25, 0.3) is 5.56 Å². The number of benzene rings is 1. The molecule has 0 saturated carbocycles. The van der Waals surface area contributed by atoms with Gasteiger partial charge in [-0.05, 0) is 51.0 Å². The highest BCUT2D eigenvalue weighted by molar-refractivity contribution is 5.58. The molecule has 0 spiro atoms. The summed E-state index contributed by atoms with van der Waals surface area (Å²) in [4.78, 5) is 26.4. The summed E-state index contributed by atoms with van der Waals surface area (Å²) in [6, 6.07) is 10.1. The molecule has 30 heavy (non-hydrogen) atoms. The smallest absolute Gasteiger partial charge is 0.254 e. The molecule has 1 aliphatic rings. The van der Waals surface area contributed by atoms with Crippen LogP contribution in [0.25, 0.3) is 11.4 Å². The topological polar surface area (TPSA) is 80.3 Å². The lowest BCUT2D eigenvalue weighted by molar-refractivity contribution is 0.388. The largest absolute Gasteiger partial charge is 0.497 e. The lowest BCUT2D eigenvalue weighted by Crippen LogP contribution is -2.24. The summed E-state index contributed by atoms with van der Waals surface area (Å²) in [6.45, 7) is 4.53. The van der Waals surface area contributed by atoms with Gasteiger partial charge >= 0.3 is 0 Å². The fourth-order valence-corrected chi connectivity index (χ4v) is 3.94. The van der Waals surface area contributed by atoms with Crippen LogP contribution in [0.1, 0.15) is 35.7 Å². The molecule has 3 aromatic rings. The summed E-state index contributed by atoms with van der Waals surface area (Å²) >= 11 is 0. The third kappa shape index (κ3) is 3.63. The molecule has 7 heteroatoms. The van der Waals surface area contributed by atoms with Crippen LogP contribution in [0.5, 0.6) is 11.5 Å². The van der Waals surface area contributed by atoms with Crippen molar-refractivity contribution in [3.05, 3.63) is 63.7 Å². The van der Waals surface area contributed by atoms with E-state index >= 15 is 0 Å². The summed E-state index contributed by atoms with van der Waals surface area (Å²) in [5.74, 6) is 3.03. The highest BCUT2D eigenvalue weighted by atomic mass is 16.5. The van der Waals surface area contributed by atoms with Crippen LogP contribution in [0.2, 0.25) is 0 Å². The molecule has 1 aromatic carbocycles. The maximum atomic E-state index is 12.1. The van der Waals surface area contributed by atoms with Crippen molar-refractivity contribution in [2.75, 3.05) is 25.7 Å². The van der Waals surface area contributed by atoms with Crippen molar-refractivity contribution in [1.82, 2.24) is 15.0 Å². The van der Waals surface area contributed by atoms with Crippen LogP contribution in [0.4, 0.5) is 5.82 Å². The van der Waals surface area contributed by atoms with E-state index in [1.165, 1.54) is 0 Å². The normalized spacial score (nSPS) is 16.0. The summed E-state index contributed by atoms with van der Waals surface area (Å²) in [6.07, 6.45) is 3.87. The number of aromatic nitrogens is 3. The molecule has 7 nitrogen and oxygen atoms in total. The Labute approximate surface area is 175 Å². The molecule has 0 radical (unpaired) electrons.